The highest BCUT2D eigenvalue weighted by Crippen LogP contribution is 2.34. The van der Waals surface area contributed by atoms with Gasteiger partial charge in [0.15, 0.2) is 5.96 Å². The highest BCUT2D eigenvalue weighted by atomic mass is 127. The highest BCUT2D eigenvalue weighted by Gasteiger charge is 2.22. The van der Waals surface area contributed by atoms with E-state index in [0.29, 0.717) is 29.5 Å². The van der Waals surface area contributed by atoms with Crippen LogP contribution in [-0.2, 0) is 6.54 Å². The maximum atomic E-state index is 10.1. The van der Waals surface area contributed by atoms with Crippen LogP contribution >= 0.6 is 24.0 Å². The van der Waals surface area contributed by atoms with Crippen LogP contribution in [0.3, 0.4) is 0 Å². The molecule has 0 aliphatic carbocycles. The maximum Gasteiger partial charge on any atom is 0.194 e. The summed E-state index contributed by atoms with van der Waals surface area (Å²) in [7, 11) is 6.65. The molecule has 170 valence electrons. The minimum atomic E-state index is 0. The highest BCUT2D eigenvalue weighted by molar-refractivity contribution is 14.0. The minimum absolute atomic E-state index is 0. The zero-order valence-electron chi connectivity index (χ0n) is 18.4. The molecule has 0 unspecified atom stereocenters. The van der Waals surface area contributed by atoms with Gasteiger partial charge in [-0.1, -0.05) is 12.1 Å². The summed E-state index contributed by atoms with van der Waals surface area (Å²) in [5.74, 6) is 3.19. The van der Waals surface area contributed by atoms with Crippen LogP contribution in [0, 0.1) is 0 Å². The Morgan fingerprint density at radius 3 is 2.13 bits per heavy atom. The fourth-order valence-electron chi connectivity index (χ4n) is 3.64. The number of ether oxygens (including phenoxy) is 3. The van der Waals surface area contributed by atoms with Crippen LogP contribution in [0.25, 0.3) is 0 Å². The molecule has 8 nitrogen and oxygen atoms in total. The molecule has 0 spiro atoms. The number of aliphatic imine (C=N–C) groups is 1. The van der Waals surface area contributed by atoms with Crippen molar-refractivity contribution in [3.05, 3.63) is 42.0 Å². The fourth-order valence-corrected chi connectivity index (χ4v) is 3.64. The van der Waals surface area contributed by atoms with Gasteiger partial charge in [0.2, 0.25) is 0 Å². The van der Waals surface area contributed by atoms with Crippen molar-refractivity contribution >= 4 is 35.6 Å². The number of hydrogen-bond acceptors (Lipinski definition) is 6. The molecule has 0 atom stereocenters. The molecule has 9 heteroatoms. The molecule has 0 radical (unpaired) electrons. The molecular weight excluding hydrogens is 511 g/mol. The number of guanidine groups is 1. The molecule has 1 aliphatic rings. The average Bonchev–Trinajstić information content (AvgIpc) is 2.79. The second-order valence-corrected chi connectivity index (χ2v) is 6.87. The van der Waals surface area contributed by atoms with E-state index >= 15 is 0 Å². The molecule has 0 aromatic heterocycles. The summed E-state index contributed by atoms with van der Waals surface area (Å²) in [6, 6.07) is 11.1. The van der Waals surface area contributed by atoms with Gasteiger partial charge in [0.05, 0.1) is 39.1 Å². The third-order valence-corrected chi connectivity index (χ3v) is 5.25. The number of nitrogens with zero attached hydrogens (tertiary/aromatic N) is 3. The molecule has 1 fully saturated rings. The monoisotopic (exact) mass is 542 g/mol. The lowest BCUT2D eigenvalue weighted by molar-refractivity contribution is 0.361. The summed E-state index contributed by atoms with van der Waals surface area (Å²) in [5, 5.41) is 13.5. The van der Waals surface area contributed by atoms with Crippen LogP contribution in [0.5, 0.6) is 23.0 Å². The van der Waals surface area contributed by atoms with Gasteiger partial charge in [0.25, 0.3) is 0 Å². The lowest BCUT2D eigenvalue weighted by Crippen LogP contribution is -2.52. The molecule has 1 heterocycles. The predicted molar refractivity (Wildman–Crippen MR) is 134 cm³/mol. The van der Waals surface area contributed by atoms with E-state index in [0.717, 1.165) is 43.4 Å². The molecule has 1 aliphatic heterocycles. The van der Waals surface area contributed by atoms with E-state index in [1.807, 2.05) is 30.3 Å². The third kappa shape index (κ3) is 5.78. The van der Waals surface area contributed by atoms with Gasteiger partial charge in [0.1, 0.15) is 23.0 Å². The van der Waals surface area contributed by atoms with Gasteiger partial charge < -0.3 is 34.4 Å². The Kier molecular flexibility index (Phi) is 9.35. The molecule has 2 N–H and O–H groups in total. The number of halogens is 1. The number of phenols is 1. The number of nitrogens with one attached hydrogen (secondary N) is 1. The third-order valence-electron chi connectivity index (χ3n) is 5.25. The van der Waals surface area contributed by atoms with E-state index in [1.165, 1.54) is 0 Å². The summed E-state index contributed by atoms with van der Waals surface area (Å²) in [4.78, 5) is 8.84. The number of piperazine rings is 1. The van der Waals surface area contributed by atoms with E-state index < -0.39 is 0 Å². The van der Waals surface area contributed by atoms with E-state index in [2.05, 4.69) is 20.1 Å². The number of hydrogen-bond donors (Lipinski definition) is 2. The molecular formula is C22H31IN4O4. The van der Waals surface area contributed by atoms with Gasteiger partial charge in [-0.3, -0.25) is 4.99 Å². The van der Waals surface area contributed by atoms with Gasteiger partial charge in [0, 0.05) is 45.4 Å². The second kappa shape index (κ2) is 11.7. The van der Waals surface area contributed by atoms with E-state index in [9.17, 15) is 5.11 Å². The van der Waals surface area contributed by atoms with E-state index in [4.69, 9.17) is 14.2 Å². The molecule has 0 saturated carbocycles. The summed E-state index contributed by atoms with van der Waals surface area (Å²) in [6.45, 7) is 3.69. The number of phenolic OH excluding ortho intramolecular Hbond substituents is 1. The standard InChI is InChI=1S/C22H30N4O4.HI/c1-23-22(24-15-17-20(29-3)13-16(28-2)14-21(17)30-4)26-11-9-25(10-12-26)18-7-5-6-8-19(18)27;/h5-8,13-14,27H,9-12,15H2,1-4H3,(H,23,24);1H. The van der Waals surface area contributed by atoms with E-state index in [-0.39, 0.29) is 24.0 Å². The Labute approximate surface area is 200 Å². The van der Waals surface area contributed by atoms with Crippen molar-refractivity contribution in [3.63, 3.8) is 0 Å². The van der Waals surface area contributed by atoms with Crippen molar-refractivity contribution in [1.29, 1.82) is 0 Å². The number of methoxy groups -OCH3 is 3. The van der Waals surface area contributed by atoms with Crippen LogP contribution in [0.1, 0.15) is 5.56 Å². The van der Waals surface area contributed by atoms with E-state index in [1.54, 1.807) is 34.4 Å². The van der Waals surface area contributed by atoms with Crippen molar-refractivity contribution in [3.8, 4) is 23.0 Å². The first-order valence-corrected chi connectivity index (χ1v) is 9.88. The van der Waals surface area contributed by atoms with Gasteiger partial charge >= 0.3 is 0 Å². The smallest absolute Gasteiger partial charge is 0.194 e. The summed E-state index contributed by atoms with van der Waals surface area (Å²) < 4.78 is 16.4. The lowest BCUT2D eigenvalue weighted by atomic mass is 10.1. The predicted octanol–water partition coefficient (Wildman–Crippen LogP) is 2.93. The quantitative estimate of drug-likeness (QED) is 0.330. The van der Waals surface area contributed by atoms with Crippen LogP contribution in [0.4, 0.5) is 5.69 Å². The Morgan fingerprint density at radius 1 is 1.00 bits per heavy atom. The van der Waals surface area contributed by atoms with Gasteiger partial charge in [-0.05, 0) is 12.1 Å². The normalized spacial score (nSPS) is 14.0. The maximum absolute atomic E-state index is 10.1. The molecule has 1 saturated heterocycles. The van der Waals surface area contributed by atoms with Crippen LogP contribution < -0.4 is 24.4 Å². The Hall–Kier alpha value is -2.56. The number of anilines is 1. The first kappa shape index (κ1) is 24.7. The van der Waals surface area contributed by atoms with Crippen molar-refractivity contribution < 1.29 is 19.3 Å². The molecule has 3 rings (SSSR count). The SMILES string of the molecule is CN=C(NCc1c(OC)cc(OC)cc1OC)N1CCN(c2ccccc2O)CC1.I. The van der Waals surface area contributed by atoms with Crippen molar-refractivity contribution in [2.45, 2.75) is 6.54 Å². The minimum Gasteiger partial charge on any atom is -0.506 e. The second-order valence-electron chi connectivity index (χ2n) is 6.87. The van der Waals surface area contributed by atoms with Gasteiger partial charge in [-0.25, -0.2) is 0 Å². The largest absolute Gasteiger partial charge is 0.506 e. The van der Waals surface area contributed by atoms with Crippen molar-refractivity contribution in [2.24, 2.45) is 4.99 Å². The number of aromatic hydroxyl groups is 1. The first-order chi connectivity index (χ1) is 14.6. The summed E-state index contributed by atoms with van der Waals surface area (Å²) >= 11 is 0. The molecule has 0 amide bonds. The van der Waals surface area contributed by atoms with Crippen molar-refractivity contribution in [1.82, 2.24) is 10.2 Å². The lowest BCUT2D eigenvalue weighted by Gasteiger charge is -2.37. The van der Waals surface area contributed by atoms with Crippen LogP contribution in [0.2, 0.25) is 0 Å². The average molecular weight is 542 g/mol. The Morgan fingerprint density at radius 2 is 1.61 bits per heavy atom. The zero-order valence-corrected chi connectivity index (χ0v) is 20.8. The number of benzene rings is 2. The molecule has 31 heavy (non-hydrogen) atoms. The van der Waals surface area contributed by atoms with Crippen LogP contribution in [-0.4, -0.2) is 70.5 Å². The van der Waals surface area contributed by atoms with Crippen LogP contribution in [0.15, 0.2) is 41.4 Å². The Bertz CT molecular complexity index is 861. The Balaban J connectivity index is 0.00000341. The summed E-state index contributed by atoms with van der Waals surface area (Å²) in [5.41, 5.74) is 1.77. The number of rotatable bonds is 6. The first-order valence-electron chi connectivity index (χ1n) is 9.88. The zero-order chi connectivity index (χ0) is 21.5. The topological polar surface area (TPSA) is 78.8 Å². The summed E-state index contributed by atoms with van der Waals surface area (Å²) in [6.07, 6.45) is 0. The van der Waals surface area contributed by atoms with Gasteiger partial charge in [-0.15, -0.1) is 24.0 Å². The van der Waals surface area contributed by atoms with Gasteiger partial charge in [-0.2, -0.15) is 0 Å². The molecule has 0 bridgehead atoms. The number of para-hydroxylation sites is 2. The molecule has 2 aromatic carbocycles. The molecule has 2 aromatic rings. The van der Waals surface area contributed by atoms with Crippen molar-refractivity contribution in [2.75, 3.05) is 59.5 Å². The fraction of sp³-hybridized carbons (Fsp3) is 0.409.